The van der Waals surface area contributed by atoms with Crippen molar-refractivity contribution >= 4 is 40.2 Å². The molecule has 0 bridgehead atoms. The number of para-hydroxylation sites is 2. The van der Waals surface area contributed by atoms with Crippen LogP contribution in [0.2, 0.25) is 0 Å². The average Bonchev–Trinajstić information content (AvgIpc) is 3.80. The number of likely N-dealkylation sites (N-methyl/N-ethyl adjacent to an activating group) is 1. The largest absolute Gasteiger partial charge is 0.434 e. The first kappa shape index (κ1) is 37.1. The summed E-state index contributed by atoms with van der Waals surface area (Å²) in [5, 5.41) is 3.19. The summed E-state index contributed by atoms with van der Waals surface area (Å²) in [6.45, 7) is 1.35. The molecule has 1 aromatic heterocycles. The van der Waals surface area contributed by atoms with Crippen molar-refractivity contribution in [2.75, 3.05) is 26.7 Å². The number of Topliss-reactive ketones (excluding diaryl/α,β-unsaturated/α-hetero) is 2. The number of hydrogen-bond acceptors (Lipinski definition) is 8. The Bertz CT molecular complexity index is 1660. The molecule has 1 aliphatic heterocycles. The SMILES string of the molecule is CN[C@H](CCc1ccccc1)C(=O)N1C[C@H](OCC2=CCC(Cl)C=C2)C[C@H]1C(=O)C[C@@H](CC1CCC(CN)CC1)C(=O)c1nc2ccccc2o1. The highest BCUT2D eigenvalue weighted by atomic mass is 35.5. The van der Waals surface area contributed by atoms with Crippen LogP contribution in [0.25, 0.3) is 11.1 Å². The third kappa shape index (κ3) is 9.63. The zero-order valence-electron chi connectivity index (χ0n) is 29.6. The van der Waals surface area contributed by atoms with Crippen molar-refractivity contribution in [3.63, 3.8) is 0 Å². The van der Waals surface area contributed by atoms with Gasteiger partial charge in [0.25, 0.3) is 5.89 Å². The molecule has 2 aromatic carbocycles. The normalized spacial score (nSPS) is 24.7. The van der Waals surface area contributed by atoms with Crippen molar-refractivity contribution in [1.29, 1.82) is 0 Å². The Morgan fingerprint density at radius 2 is 1.80 bits per heavy atom. The van der Waals surface area contributed by atoms with E-state index in [-0.39, 0.29) is 41.3 Å². The maximum absolute atomic E-state index is 14.5. The van der Waals surface area contributed by atoms with Gasteiger partial charge in [-0.1, -0.05) is 73.5 Å². The number of allylic oxidation sites excluding steroid dienone is 2. The van der Waals surface area contributed by atoms with Gasteiger partial charge in [0.2, 0.25) is 11.7 Å². The number of nitrogens with two attached hydrogens (primary N) is 1. The van der Waals surface area contributed by atoms with E-state index in [0.717, 1.165) is 49.7 Å². The summed E-state index contributed by atoms with van der Waals surface area (Å²) in [7, 11) is 1.79. The van der Waals surface area contributed by atoms with Gasteiger partial charge in [-0.3, -0.25) is 14.4 Å². The predicted molar refractivity (Wildman–Crippen MR) is 200 cm³/mol. The summed E-state index contributed by atoms with van der Waals surface area (Å²) in [5.41, 5.74) is 9.30. The van der Waals surface area contributed by atoms with Crippen LogP contribution in [0.15, 0.2) is 82.8 Å². The van der Waals surface area contributed by atoms with E-state index in [9.17, 15) is 14.4 Å². The first-order valence-corrected chi connectivity index (χ1v) is 19.0. The van der Waals surface area contributed by atoms with Crippen LogP contribution in [0, 0.1) is 17.8 Å². The third-order valence-electron chi connectivity index (χ3n) is 11.0. The molecule has 0 radical (unpaired) electrons. The molecule has 1 saturated carbocycles. The fourth-order valence-electron chi connectivity index (χ4n) is 7.89. The Balaban J connectivity index is 1.21. The molecule has 2 aliphatic carbocycles. The molecule has 2 heterocycles. The topological polar surface area (TPSA) is 128 Å². The van der Waals surface area contributed by atoms with Crippen LogP contribution in [0.4, 0.5) is 0 Å². The third-order valence-corrected chi connectivity index (χ3v) is 11.3. The van der Waals surface area contributed by atoms with Gasteiger partial charge in [0.05, 0.1) is 30.2 Å². The number of rotatable bonds is 16. The van der Waals surface area contributed by atoms with Crippen molar-refractivity contribution in [3.8, 4) is 0 Å². The van der Waals surface area contributed by atoms with Crippen LogP contribution < -0.4 is 11.1 Å². The Morgan fingerprint density at radius 3 is 2.51 bits per heavy atom. The minimum Gasteiger partial charge on any atom is -0.434 e. The van der Waals surface area contributed by atoms with Gasteiger partial charge in [-0.15, -0.1) is 11.6 Å². The number of likely N-dealkylation sites (tertiary alicyclic amines) is 1. The van der Waals surface area contributed by atoms with E-state index in [4.69, 9.17) is 26.5 Å². The number of fused-ring (bicyclic) bond motifs is 1. The Kier molecular flexibility index (Phi) is 12.9. The van der Waals surface area contributed by atoms with E-state index >= 15 is 0 Å². The number of nitrogens with one attached hydrogen (secondary N) is 1. The number of ether oxygens (including phenoxy) is 1. The lowest BCUT2D eigenvalue weighted by Crippen LogP contribution is -2.50. The molecule has 3 aliphatic rings. The summed E-state index contributed by atoms with van der Waals surface area (Å²) in [4.78, 5) is 49.1. The number of aryl methyl sites for hydroxylation is 1. The predicted octanol–water partition coefficient (Wildman–Crippen LogP) is 6.44. The summed E-state index contributed by atoms with van der Waals surface area (Å²) >= 11 is 6.22. The van der Waals surface area contributed by atoms with Crippen molar-refractivity contribution in [3.05, 3.63) is 89.9 Å². The monoisotopic (exact) mass is 714 g/mol. The van der Waals surface area contributed by atoms with E-state index in [1.807, 2.05) is 48.6 Å². The number of ketones is 2. The van der Waals surface area contributed by atoms with Gasteiger partial charge in [0, 0.05) is 25.3 Å². The molecule has 6 rings (SSSR count). The van der Waals surface area contributed by atoms with Crippen molar-refractivity contribution in [2.45, 2.75) is 87.8 Å². The van der Waals surface area contributed by atoms with Crippen LogP contribution in [0.3, 0.4) is 0 Å². The van der Waals surface area contributed by atoms with E-state index in [1.165, 1.54) is 0 Å². The van der Waals surface area contributed by atoms with E-state index in [2.05, 4.69) is 28.5 Å². The number of oxazole rings is 1. The smallest absolute Gasteiger partial charge is 0.264 e. The van der Waals surface area contributed by atoms with Gasteiger partial charge in [0.15, 0.2) is 11.4 Å². The van der Waals surface area contributed by atoms with Gasteiger partial charge in [0.1, 0.15) is 5.52 Å². The Morgan fingerprint density at radius 1 is 1.06 bits per heavy atom. The maximum atomic E-state index is 14.5. The van der Waals surface area contributed by atoms with E-state index in [1.54, 1.807) is 18.0 Å². The zero-order valence-corrected chi connectivity index (χ0v) is 30.3. The lowest BCUT2D eigenvalue weighted by Gasteiger charge is -2.31. The van der Waals surface area contributed by atoms with Crippen LogP contribution in [0.1, 0.15) is 74.0 Å². The number of aromatic nitrogens is 1. The molecule has 9 nitrogen and oxygen atoms in total. The van der Waals surface area contributed by atoms with Crippen molar-refractivity contribution in [2.24, 2.45) is 23.5 Å². The molecule has 0 spiro atoms. The highest BCUT2D eigenvalue weighted by molar-refractivity contribution is 6.22. The van der Waals surface area contributed by atoms with Crippen LogP contribution in [-0.2, 0) is 20.7 Å². The zero-order chi connectivity index (χ0) is 35.7. The van der Waals surface area contributed by atoms with Gasteiger partial charge in [-0.2, -0.15) is 0 Å². The quantitative estimate of drug-likeness (QED) is 0.128. The fourth-order valence-corrected chi connectivity index (χ4v) is 8.06. The molecule has 3 N–H and O–H groups in total. The molecule has 5 atom stereocenters. The maximum Gasteiger partial charge on any atom is 0.264 e. The van der Waals surface area contributed by atoms with Gasteiger partial charge >= 0.3 is 0 Å². The highest BCUT2D eigenvalue weighted by Gasteiger charge is 2.43. The lowest BCUT2D eigenvalue weighted by atomic mass is 9.76. The Labute approximate surface area is 306 Å². The number of alkyl halides is 1. The van der Waals surface area contributed by atoms with Crippen LogP contribution in [0.5, 0.6) is 0 Å². The highest BCUT2D eigenvalue weighted by Crippen LogP contribution is 2.36. The van der Waals surface area contributed by atoms with Gasteiger partial charge in [-0.25, -0.2) is 4.98 Å². The molecular formula is C41H51ClN4O5. The molecule has 3 aromatic rings. The number of benzene rings is 2. The summed E-state index contributed by atoms with van der Waals surface area (Å²) in [6.07, 6.45) is 12.7. The molecule has 1 saturated heterocycles. The molecule has 2 fully saturated rings. The van der Waals surface area contributed by atoms with Gasteiger partial charge in [-0.05, 0) is 87.2 Å². The second-order valence-corrected chi connectivity index (χ2v) is 15.1. The second kappa shape index (κ2) is 17.7. The number of amides is 1. The minimum absolute atomic E-state index is 0.00871. The first-order valence-electron chi connectivity index (χ1n) is 18.6. The van der Waals surface area contributed by atoms with Crippen LogP contribution >= 0.6 is 11.6 Å². The minimum atomic E-state index is -0.704. The molecule has 10 heteroatoms. The molecule has 1 amide bonds. The molecular weight excluding hydrogens is 664 g/mol. The second-order valence-electron chi connectivity index (χ2n) is 14.5. The summed E-state index contributed by atoms with van der Waals surface area (Å²) in [5.74, 6) is -0.278. The Hall–Kier alpha value is -3.63. The van der Waals surface area contributed by atoms with Crippen molar-refractivity contribution in [1.82, 2.24) is 15.2 Å². The van der Waals surface area contributed by atoms with E-state index in [0.29, 0.717) is 61.9 Å². The molecule has 272 valence electrons. The standard InChI is InChI=1S/C41H51ClN4O5/c1-44-35(20-17-27-7-3-2-4-8-27)41(49)46-25-33(50-26-30-15-18-32(42)19-16-30)23-36(46)37(47)22-31(21-28-11-13-29(24-43)14-12-28)39(48)40-45-34-9-5-6-10-38(34)51-40/h2-10,15-16,18,28-29,31-33,35-36,44H,11-14,17,19-26,43H2,1H3/t28?,29?,31-,32?,33-,35-,36+/m1/s1. The summed E-state index contributed by atoms with van der Waals surface area (Å²) < 4.78 is 12.3. The van der Waals surface area contributed by atoms with E-state index < -0.39 is 18.0 Å². The van der Waals surface area contributed by atoms with Crippen LogP contribution in [-0.4, -0.2) is 77.7 Å². The van der Waals surface area contributed by atoms with Gasteiger partial charge < -0.3 is 25.1 Å². The molecule has 1 unspecified atom stereocenters. The molecule has 51 heavy (non-hydrogen) atoms. The average molecular weight is 715 g/mol. The summed E-state index contributed by atoms with van der Waals surface area (Å²) in [6, 6.07) is 16.2. The number of nitrogens with zero attached hydrogens (tertiary/aromatic N) is 2. The van der Waals surface area contributed by atoms with Crippen molar-refractivity contribution < 1.29 is 23.5 Å². The number of carbonyl (C=O) groups is 3. The number of hydrogen-bond donors (Lipinski definition) is 2. The first-order chi connectivity index (χ1) is 24.8. The fraction of sp³-hybridized carbons (Fsp3) is 0.512. The number of halogens is 1. The number of carbonyl (C=O) groups excluding carboxylic acids is 3. The lowest BCUT2D eigenvalue weighted by molar-refractivity contribution is -0.139.